The molecule has 3 atom stereocenters. The molecule has 0 aromatic carbocycles. The van der Waals surface area contributed by atoms with Crippen LogP contribution in [0.3, 0.4) is 0 Å². The third kappa shape index (κ3) is 6.83. The number of aliphatic carboxylic acids is 3. The van der Waals surface area contributed by atoms with Gasteiger partial charge in [0.1, 0.15) is 12.1 Å². The highest BCUT2D eigenvalue weighted by Crippen LogP contribution is 2.17. The van der Waals surface area contributed by atoms with Gasteiger partial charge in [0, 0.05) is 6.54 Å². The van der Waals surface area contributed by atoms with Crippen LogP contribution in [0.2, 0.25) is 0 Å². The van der Waals surface area contributed by atoms with Gasteiger partial charge >= 0.3 is 17.9 Å². The van der Waals surface area contributed by atoms with Crippen LogP contribution >= 0.6 is 0 Å². The molecule has 1 heterocycles. The van der Waals surface area contributed by atoms with E-state index in [4.69, 9.17) is 21.1 Å². The van der Waals surface area contributed by atoms with Crippen LogP contribution in [0.1, 0.15) is 25.7 Å². The number of nitrogens with zero attached hydrogens (tertiary/aromatic N) is 1. The summed E-state index contributed by atoms with van der Waals surface area (Å²) in [5.74, 6) is -6.66. The molecule has 1 aliphatic rings. The predicted molar refractivity (Wildman–Crippen MR) is 89.8 cm³/mol. The average Bonchev–Trinajstić information content (AvgIpc) is 3.07. The van der Waals surface area contributed by atoms with Crippen molar-refractivity contribution in [1.29, 1.82) is 0 Å². The minimum Gasteiger partial charge on any atom is -0.481 e. The van der Waals surface area contributed by atoms with Gasteiger partial charge in [-0.2, -0.15) is 0 Å². The Morgan fingerprint density at radius 1 is 1.00 bits per heavy atom. The van der Waals surface area contributed by atoms with E-state index in [1.54, 1.807) is 0 Å². The van der Waals surface area contributed by atoms with Crippen LogP contribution in [-0.2, 0) is 28.8 Å². The number of likely N-dealkylation sites (tertiary alicyclic amines) is 1. The molecular weight excluding hydrogens is 380 g/mol. The van der Waals surface area contributed by atoms with E-state index in [0.717, 1.165) is 4.90 Å². The summed E-state index contributed by atoms with van der Waals surface area (Å²) in [4.78, 5) is 69.8. The Kier molecular flexibility index (Phi) is 8.31. The fraction of sp³-hybridized carbons (Fsp3) is 0.600. The molecule has 0 spiro atoms. The molecule has 3 amide bonds. The largest absolute Gasteiger partial charge is 0.481 e. The summed E-state index contributed by atoms with van der Waals surface area (Å²) in [6.07, 6.45) is -0.770. The van der Waals surface area contributed by atoms with Crippen LogP contribution in [0.15, 0.2) is 0 Å². The van der Waals surface area contributed by atoms with E-state index in [2.05, 4.69) is 5.32 Å². The molecule has 0 radical (unpaired) electrons. The fourth-order valence-corrected chi connectivity index (χ4v) is 2.65. The van der Waals surface area contributed by atoms with Gasteiger partial charge in [-0.25, -0.2) is 4.79 Å². The second-order valence-corrected chi connectivity index (χ2v) is 6.16. The Bertz CT molecular complexity index is 666. The highest BCUT2D eigenvalue weighted by molar-refractivity contribution is 5.95. The van der Waals surface area contributed by atoms with E-state index in [-0.39, 0.29) is 13.0 Å². The molecule has 13 nitrogen and oxygen atoms in total. The first-order chi connectivity index (χ1) is 13.0. The highest BCUT2D eigenvalue weighted by atomic mass is 16.4. The fourth-order valence-electron chi connectivity index (χ4n) is 2.65. The standard InChI is InChI=1S/C15H22N4O9/c16-7(4-11(21)22)13(25)18-8(5-12(23)24)14(26)17-6-10(20)19-3-1-2-9(19)15(27)28/h7-9H,1-6,16H2,(H,17,26)(H,18,25)(H,21,22)(H,23,24)(H,27,28)/t7-,8-,9-/m0/s1. The van der Waals surface area contributed by atoms with Crippen molar-refractivity contribution >= 4 is 35.6 Å². The third-order valence-corrected chi connectivity index (χ3v) is 4.02. The number of hydrogen-bond donors (Lipinski definition) is 6. The van der Waals surface area contributed by atoms with Gasteiger partial charge in [-0.05, 0) is 12.8 Å². The smallest absolute Gasteiger partial charge is 0.326 e. The van der Waals surface area contributed by atoms with Crippen molar-refractivity contribution in [3.8, 4) is 0 Å². The predicted octanol–water partition coefficient (Wildman–Crippen LogP) is -3.06. The van der Waals surface area contributed by atoms with Crippen molar-refractivity contribution in [3.63, 3.8) is 0 Å². The first-order valence-electron chi connectivity index (χ1n) is 8.32. The van der Waals surface area contributed by atoms with E-state index in [9.17, 15) is 28.8 Å². The molecule has 0 aromatic heterocycles. The summed E-state index contributed by atoms with van der Waals surface area (Å²) in [6.45, 7) is -0.374. The summed E-state index contributed by atoms with van der Waals surface area (Å²) in [6, 6.07) is -4.08. The van der Waals surface area contributed by atoms with Crippen molar-refractivity contribution in [2.75, 3.05) is 13.1 Å². The highest BCUT2D eigenvalue weighted by Gasteiger charge is 2.34. The normalized spacial score (nSPS) is 18.0. The number of nitrogens with two attached hydrogens (primary N) is 1. The van der Waals surface area contributed by atoms with Crippen molar-refractivity contribution in [1.82, 2.24) is 15.5 Å². The summed E-state index contributed by atoms with van der Waals surface area (Å²) < 4.78 is 0. The molecule has 1 saturated heterocycles. The lowest BCUT2D eigenvalue weighted by Crippen LogP contribution is -2.54. The van der Waals surface area contributed by atoms with Gasteiger partial charge in [0.05, 0.1) is 25.4 Å². The Labute approximate surface area is 158 Å². The van der Waals surface area contributed by atoms with Crippen LogP contribution < -0.4 is 16.4 Å². The number of carbonyl (C=O) groups is 6. The molecule has 7 N–H and O–H groups in total. The number of carboxylic acids is 3. The molecule has 156 valence electrons. The van der Waals surface area contributed by atoms with Gasteiger partial charge in [0.25, 0.3) is 0 Å². The molecule has 0 saturated carbocycles. The van der Waals surface area contributed by atoms with E-state index in [1.807, 2.05) is 5.32 Å². The maximum absolute atomic E-state index is 12.2. The Morgan fingerprint density at radius 3 is 2.14 bits per heavy atom. The third-order valence-electron chi connectivity index (χ3n) is 4.02. The van der Waals surface area contributed by atoms with Crippen LogP contribution in [0.4, 0.5) is 0 Å². The quantitative estimate of drug-likeness (QED) is 0.217. The Balaban J connectivity index is 2.68. The van der Waals surface area contributed by atoms with Gasteiger partial charge in [0.15, 0.2) is 0 Å². The average molecular weight is 402 g/mol. The van der Waals surface area contributed by atoms with Crippen molar-refractivity contribution in [2.45, 2.75) is 43.8 Å². The second-order valence-electron chi connectivity index (χ2n) is 6.16. The molecule has 28 heavy (non-hydrogen) atoms. The topological polar surface area (TPSA) is 216 Å². The molecule has 0 aromatic rings. The van der Waals surface area contributed by atoms with Gasteiger partial charge in [0.2, 0.25) is 17.7 Å². The molecule has 1 rings (SSSR count). The molecule has 0 unspecified atom stereocenters. The lowest BCUT2D eigenvalue weighted by molar-refractivity contribution is -0.148. The molecule has 0 bridgehead atoms. The SMILES string of the molecule is N[C@@H](CC(=O)O)C(=O)N[C@@H](CC(=O)O)C(=O)NCC(=O)N1CCC[C@H]1C(=O)O. The zero-order chi connectivity index (χ0) is 21.4. The first-order valence-corrected chi connectivity index (χ1v) is 8.32. The van der Waals surface area contributed by atoms with Crippen LogP contribution in [0.5, 0.6) is 0 Å². The summed E-state index contributed by atoms with van der Waals surface area (Å²) in [5.41, 5.74) is 5.36. The minimum atomic E-state index is -1.59. The number of carbonyl (C=O) groups excluding carboxylic acids is 3. The molecule has 13 heteroatoms. The van der Waals surface area contributed by atoms with Gasteiger partial charge in [-0.1, -0.05) is 0 Å². The summed E-state index contributed by atoms with van der Waals surface area (Å²) in [7, 11) is 0. The monoisotopic (exact) mass is 402 g/mol. The minimum absolute atomic E-state index is 0.213. The van der Waals surface area contributed by atoms with E-state index in [1.165, 1.54) is 0 Å². The first kappa shape index (κ1) is 22.8. The van der Waals surface area contributed by atoms with Crippen molar-refractivity contribution < 1.29 is 44.1 Å². The Morgan fingerprint density at radius 2 is 1.61 bits per heavy atom. The lowest BCUT2D eigenvalue weighted by Gasteiger charge is -2.23. The lowest BCUT2D eigenvalue weighted by atomic mass is 10.1. The Hall–Kier alpha value is -3.22. The van der Waals surface area contributed by atoms with Crippen LogP contribution in [-0.4, -0.2) is 87.1 Å². The number of hydrogen-bond acceptors (Lipinski definition) is 7. The van der Waals surface area contributed by atoms with E-state index < -0.39 is 73.1 Å². The molecule has 0 aliphatic carbocycles. The van der Waals surface area contributed by atoms with Gasteiger partial charge in [-0.3, -0.25) is 24.0 Å². The second kappa shape index (κ2) is 10.2. The zero-order valence-electron chi connectivity index (χ0n) is 14.8. The summed E-state index contributed by atoms with van der Waals surface area (Å²) in [5, 5.41) is 30.7. The van der Waals surface area contributed by atoms with Crippen molar-refractivity contribution in [3.05, 3.63) is 0 Å². The molecule has 1 aliphatic heterocycles. The number of nitrogens with one attached hydrogen (secondary N) is 2. The van der Waals surface area contributed by atoms with Crippen LogP contribution in [0, 0.1) is 0 Å². The zero-order valence-corrected chi connectivity index (χ0v) is 14.8. The van der Waals surface area contributed by atoms with Gasteiger partial charge in [-0.15, -0.1) is 0 Å². The van der Waals surface area contributed by atoms with E-state index in [0.29, 0.717) is 6.42 Å². The van der Waals surface area contributed by atoms with Gasteiger partial charge < -0.3 is 36.6 Å². The van der Waals surface area contributed by atoms with E-state index >= 15 is 0 Å². The van der Waals surface area contributed by atoms with Crippen molar-refractivity contribution in [2.24, 2.45) is 5.73 Å². The maximum atomic E-state index is 12.2. The molecular formula is C15H22N4O9. The number of carboxylic acid groups (broad SMARTS) is 3. The number of rotatable bonds is 10. The molecule has 1 fully saturated rings. The summed E-state index contributed by atoms with van der Waals surface area (Å²) >= 11 is 0. The maximum Gasteiger partial charge on any atom is 0.326 e. The van der Waals surface area contributed by atoms with Crippen LogP contribution in [0.25, 0.3) is 0 Å². The number of amides is 3.